The fourth-order valence-corrected chi connectivity index (χ4v) is 3.97. The molecule has 0 spiro atoms. The van der Waals surface area contributed by atoms with Gasteiger partial charge in [0.15, 0.2) is 0 Å². The van der Waals surface area contributed by atoms with Crippen LogP contribution in [-0.4, -0.2) is 51.7 Å². The molecule has 1 fully saturated rings. The van der Waals surface area contributed by atoms with E-state index in [1.165, 1.54) is 24.3 Å². The summed E-state index contributed by atoms with van der Waals surface area (Å²) in [4.78, 5) is 2.24. The van der Waals surface area contributed by atoms with E-state index in [0.29, 0.717) is 49.7 Å². The number of aliphatic hydroxyl groups is 1. The second-order valence-corrected chi connectivity index (χ2v) is 9.06. The molecule has 0 amide bonds. The molecule has 1 atom stereocenters. The number of aryl methyl sites for hydroxylation is 1. The number of hydrogen-bond acceptors (Lipinski definition) is 5. The first kappa shape index (κ1) is 25.3. The molecule has 0 unspecified atom stereocenters. The lowest BCUT2D eigenvalue weighted by molar-refractivity contribution is 0.0127. The van der Waals surface area contributed by atoms with Crippen LogP contribution in [0, 0.1) is 18.6 Å². The molecule has 0 bridgehead atoms. The number of halogens is 2. The highest BCUT2D eigenvalue weighted by Crippen LogP contribution is 2.35. The van der Waals surface area contributed by atoms with Gasteiger partial charge in [-0.25, -0.2) is 13.5 Å². The Morgan fingerprint density at radius 1 is 1.09 bits per heavy atom. The first-order valence-corrected chi connectivity index (χ1v) is 12.2. The third kappa shape index (κ3) is 6.87. The van der Waals surface area contributed by atoms with Gasteiger partial charge < -0.3 is 14.6 Å². The molecule has 6 nitrogen and oxygen atoms in total. The lowest BCUT2D eigenvalue weighted by Crippen LogP contribution is -2.36. The molecule has 188 valence electrons. The molecule has 3 aromatic rings. The molecule has 0 aliphatic heterocycles. The van der Waals surface area contributed by atoms with Gasteiger partial charge in [0.05, 0.1) is 29.7 Å². The number of benzene rings is 2. The maximum Gasteiger partial charge on any atom is 0.227 e. The topological polar surface area (TPSA) is 59.8 Å². The minimum absolute atomic E-state index is 0.302. The summed E-state index contributed by atoms with van der Waals surface area (Å²) in [7, 11) is 0. The summed E-state index contributed by atoms with van der Waals surface area (Å²) >= 11 is 0. The molecule has 1 aliphatic rings. The number of rotatable bonds is 13. The Kier molecular flexibility index (Phi) is 8.49. The molecule has 2 aromatic carbocycles. The van der Waals surface area contributed by atoms with Crippen molar-refractivity contribution in [3.8, 4) is 17.3 Å². The molecule has 1 saturated carbocycles. The zero-order valence-corrected chi connectivity index (χ0v) is 20.3. The van der Waals surface area contributed by atoms with Gasteiger partial charge in [-0.1, -0.05) is 13.3 Å². The van der Waals surface area contributed by atoms with E-state index in [1.807, 2.05) is 6.92 Å². The number of nitrogens with zero attached hydrogens (tertiary/aromatic N) is 3. The number of aliphatic hydroxyl groups excluding tert-OH is 1. The lowest BCUT2D eigenvalue weighted by Gasteiger charge is -2.25. The molecular formula is C27H33F2N3O3. The molecule has 0 saturated heterocycles. The first-order chi connectivity index (χ1) is 16.9. The Morgan fingerprint density at radius 2 is 1.74 bits per heavy atom. The first-order valence-electron chi connectivity index (χ1n) is 12.2. The molecule has 0 radical (unpaired) electrons. The van der Waals surface area contributed by atoms with Crippen LogP contribution in [-0.2, 0) is 11.3 Å². The van der Waals surface area contributed by atoms with Gasteiger partial charge in [0.2, 0.25) is 5.88 Å². The zero-order chi connectivity index (χ0) is 24.8. The van der Waals surface area contributed by atoms with Crippen molar-refractivity contribution < 1.29 is 23.4 Å². The number of aromatic nitrogens is 2. The van der Waals surface area contributed by atoms with Crippen molar-refractivity contribution in [2.45, 2.75) is 58.2 Å². The summed E-state index contributed by atoms with van der Waals surface area (Å²) in [6.07, 6.45) is 3.58. The number of unbranched alkanes of at least 4 members (excludes halogenated alkanes) is 1. The third-order valence-electron chi connectivity index (χ3n) is 6.06. The van der Waals surface area contributed by atoms with Crippen LogP contribution in [0.5, 0.6) is 11.6 Å². The maximum absolute atomic E-state index is 13.6. The largest absolute Gasteiger partial charge is 0.439 e. The summed E-state index contributed by atoms with van der Waals surface area (Å²) < 4.78 is 40.5. The Bertz CT molecular complexity index is 1080. The van der Waals surface area contributed by atoms with Crippen LogP contribution in [0.4, 0.5) is 8.78 Å². The highest BCUT2D eigenvalue weighted by Gasteiger charge is 2.32. The monoisotopic (exact) mass is 485 g/mol. The van der Waals surface area contributed by atoms with Gasteiger partial charge in [0.1, 0.15) is 17.4 Å². The van der Waals surface area contributed by atoms with Gasteiger partial charge in [0.25, 0.3) is 0 Å². The van der Waals surface area contributed by atoms with Crippen molar-refractivity contribution in [2.75, 3.05) is 19.8 Å². The van der Waals surface area contributed by atoms with Gasteiger partial charge in [-0.05, 0) is 74.7 Å². The molecule has 8 heteroatoms. The van der Waals surface area contributed by atoms with Gasteiger partial charge >= 0.3 is 0 Å². The summed E-state index contributed by atoms with van der Waals surface area (Å²) in [5.41, 5.74) is 2.29. The van der Waals surface area contributed by atoms with Crippen LogP contribution in [0.15, 0.2) is 48.5 Å². The van der Waals surface area contributed by atoms with Gasteiger partial charge in [-0.3, -0.25) is 4.90 Å². The van der Waals surface area contributed by atoms with Gasteiger partial charge in [-0.15, -0.1) is 0 Å². The molecule has 35 heavy (non-hydrogen) atoms. The third-order valence-corrected chi connectivity index (χ3v) is 6.06. The van der Waals surface area contributed by atoms with E-state index in [-0.39, 0.29) is 11.6 Å². The van der Waals surface area contributed by atoms with Crippen molar-refractivity contribution in [3.05, 3.63) is 71.4 Å². The Hall–Kier alpha value is -2.81. The molecule has 1 N–H and O–H groups in total. The summed E-state index contributed by atoms with van der Waals surface area (Å²) in [6, 6.07) is 12.2. The summed E-state index contributed by atoms with van der Waals surface area (Å²) in [5.74, 6) is 0.267. The molecule has 1 aliphatic carbocycles. The van der Waals surface area contributed by atoms with Crippen molar-refractivity contribution in [1.82, 2.24) is 14.7 Å². The van der Waals surface area contributed by atoms with E-state index in [2.05, 4.69) is 16.9 Å². The van der Waals surface area contributed by atoms with E-state index >= 15 is 0 Å². The van der Waals surface area contributed by atoms with Gasteiger partial charge in [-0.2, -0.15) is 5.10 Å². The highest BCUT2D eigenvalue weighted by molar-refractivity contribution is 5.43. The molecule has 1 aromatic heterocycles. The van der Waals surface area contributed by atoms with Crippen LogP contribution in [0.25, 0.3) is 5.69 Å². The van der Waals surface area contributed by atoms with Crippen molar-refractivity contribution in [2.24, 2.45) is 0 Å². The summed E-state index contributed by atoms with van der Waals surface area (Å²) in [5, 5.41) is 15.3. The van der Waals surface area contributed by atoms with Crippen LogP contribution >= 0.6 is 0 Å². The second kappa shape index (κ2) is 11.7. The summed E-state index contributed by atoms with van der Waals surface area (Å²) in [6.45, 7) is 5.97. The second-order valence-electron chi connectivity index (χ2n) is 9.06. The van der Waals surface area contributed by atoms with Crippen molar-refractivity contribution in [1.29, 1.82) is 0 Å². The minimum Gasteiger partial charge on any atom is -0.439 e. The SMILES string of the molecule is CCCCOC[C@@H](O)CN(Cc1c(C)nn(-c2ccc(F)cc2)c1Oc1ccc(F)cc1)C1CC1. The average molecular weight is 486 g/mol. The average Bonchev–Trinajstić information content (AvgIpc) is 3.65. The number of ether oxygens (including phenoxy) is 2. The fraction of sp³-hybridized carbons (Fsp3) is 0.444. The van der Waals surface area contributed by atoms with Crippen molar-refractivity contribution in [3.63, 3.8) is 0 Å². The Morgan fingerprint density at radius 3 is 2.37 bits per heavy atom. The van der Waals surface area contributed by atoms with Crippen molar-refractivity contribution >= 4 is 0 Å². The van der Waals surface area contributed by atoms with Crippen LogP contribution in [0.2, 0.25) is 0 Å². The van der Waals surface area contributed by atoms with Crippen LogP contribution in [0.1, 0.15) is 43.9 Å². The van der Waals surface area contributed by atoms with E-state index < -0.39 is 6.10 Å². The van der Waals surface area contributed by atoms with E-state index in [9.17, 15) is 13.9 Å². The van der Waals surface area contributed by atoms with Crippen LogP contribution in [0.3, 0.4) is 0 Å². The van der Waals surface area contributed by atoms with E-state index in [1.54, 1.807) is 28.9 Å². The molecule has 4 rings (SSSR count). The quantitative estimate of drug-likeness (QED) is 0.329. The lowest BCUT2D eigenvalue weighted by atomic mass is 10.2. The molecular weight excluding hydrogens is 452 g/mol. The zero-order valence-electron chi connectivity index (χ0n) is 20.3. The minimum atomic E-state index is -0.596. The smallest absolute Gasteiger partial charge is 0.227 e. The van der Waals surface area contributed by atoms with Gasteiger partial charge in [0, 0.05) is 25.7 Å². The Labute approximate surface area is 205 Å². The van der Waals surface area contributed by atoms with E-state index in [4.69, 9.17) is 9.47 Å². The van der Waals surface area contributed by atoms with E-state index in [0.717, 1.165) is 36.9 Å². The normalized spacial score (nSPS) is 14.5. The fourth-order valence-electron chi connectivity index (χ4n) is 3.97. The number of hydrogen-bond donors (Lipinski definition) is 1. The highest BCUT2D eigenvalue weighted by atomic mass is 19.1. The molecule has 1 heterocycles. The predicted molar refractivity (Wildman–Crippen MR) is 130 cm³/mol. The standard InChI is InChI=1S/C27H33F2N3O3/c1-3-4-15-34-18-24(33)16-31(22-11-12-22)17-26-19(2)30-32(23-9-5-20(28)6-10-23)27(26)35-25-13-7-21(29)8-14-25/h5-10,13-14,22,24,33H,3-4,11-12,15-18H2,1-2H3/t24-/m0/s1. The Balaban J connectivity index is 1.59. The van der Waals surface area contributed by atoms with Crippen LogP contribution < -0.4 is 4.74 Å². The maximum atomic E-state index is 13.6. The predicted octanol–water partition coefficient (Wildman–Crippen LogP) is 5.39.